The maximum absolute atomic E-state index is 13.7. The number of hydrogen-bond acceptors (Lipinski definition) is 10. The minimum Gasteiger partial charge on any atom is -0.493 e. The van der Waals surface area contributed by atoms with Gasteiger partial charge in [-0.2, -0.15) is 0 Å². The Morgan fingerprint density at radius 2 is 1.76 bits per heavy atom. The second kappa shape index (κ2) is 17.9. The number of hydrogen-bond donors (Lipinski definition) is 2. The summed E-state index contributed by atoms with van der Waals surface area (Å²) in [5, 5.41) is 14.3. The number of carbonyl (C=O) groups is 3. The summed E-state index contributed by atoms with van der Waals surface area (Å²) >= 11 is 1.44. The predicted octanol–water partition coefficient (Wildman–Crippen LogP) is 9.16. The number of aromatic carboxylic acids is 1. The van der Waals surface area contributed by atoms with Gasteiger partial charge in [0.1, 0.15) is 11.6 Å². The molecule has 1 amide bonds. The van der Waals surface area contributed by atoms with Gasteiger partial charge in [0.25, 0.3) is 5.91 Å². The standard InChI is InChI=1S/C47H55N5O6S/c1-7-57-41(53)28-51-22-18-31(19-23-51)29(2)21-25-58-38-16-11-13-33(30(38)3)42-36(47(4,5)6)26-40(49-43(42)45(55)56)52-24-20-32-12-10-14-34(35(32)27-52)44(54)50-46-48-37-15-8-9-17-39(37)59-46/h8-17,26,29,31H,7,18-25,27-28H2,1-6H3,(H,55,56)(H,48,50,54)/t29-/m0/s1. The molecule has 2 N–H and O–H groups in total. The topological polar surface area (TPSA) is 134 Å². The highest BCUT2D eigenvalue weighted by Crippen LogP contribution is 2.42. The predicted molar refractivity (Wildman–Crippen MR) is 234 cm³/mol. The SMILES string of the molecule is CCOC(=O)CN1CCC([C@@H](C)CCOc2cccc(-c3c(C(C)(C)C)cc(N4CCc5cccc(C(=O)Nc6nc7ccccc7s6)c5C4)nc3C(=O)O)c2C)CC1. The van der Waals surface area contributed by atoms with Gasteiger partial charge in [-0.05, 0) is 128 Å². The number of anilines is 2. The third kappa shape index (κ3) is 9.44. The van der Waals surface area contributed by atoms with Gasteiger partial charge in [-0.3, -0.25) is 19.8 Å². The fraction of sp³-hybridized carbons (Fsp3) is 0.426. The first kappa shape index (κ1) is 41.8. The van der Waals surface area contributed by atoms with E-state index in [1.165, 1.54) is 11.3 Å². The van der Waals surface area contributed by atoms with Crippen LogP contribution in [0.1, 0.15) is 97.0 Å². The molecule has 2 aliphatic heterocycles. The number of fused-ring (bicyclic) bond motifs is 2. The number of benzene rings is 3. The van der Waals surface area contributed by atoms with E-state index in [0.717, 1.165) is 76.1 Å². The molecule has 0 saturated carbocycles. The van der Waals surface area contributed by atoms with E-state index >= 15 is 0 Å². The van der Waals surface area contributed by atoms with E-state index < -0.39 is 11.4 Å². The van der Waals surface area contributed by atoms with Crippen molar-refractivity contribution in [2.45, 2.75) is 79.2 Å². The van der Waals surface area contributed by atoms with Crippen molar-refractivity contribution < 1.29 is 29.0 Å². The van der Waals surface area contributed by atoms with Crippen molar-refractivity contribution in [1.82, 2.24) is 14.9 Å². The van der Waals surface area contributed by atoms with Gasteiger partial charge in [0.15, 0.2) is 10.8 Å². The quantitative estimate of drug-likeness (QED) is 0.111. The number of amides is 1. The number of pyridine rings is 1. The van der Waals surface area contributed by atoms with Crippen molar-refractivity contribution >= 4 is 50.3 Å². The number of thiazole rings is 1. The van der Waals surface area contributed by atoms with E-state index in [0.29, 0.717) is 73.2 Å². The van der Waals surface area contributed by atoms with Crippen LogP contribution in [0.3, 0.4) is 0 Å². The van der Waals surface area contributed by atoms with Crippen LogP contribution in [0.5, 0.6) is 5.75 Å². The van der Waals surface area contributed by atoms with Gasteiger partial charge in [-0.15, -0.1) is 0 Å². The summed E-state index contributed by atoms with van der Waals surface area (Å²) in [6, 6.07) is 21.5. The third-order valence-electron chi connectivity index (χ3n) is 11.9. The first-order valence-electron chi connectivity index (χ1n) is 20.7. The number of para-hydroxylation sites is 1. The van der Waals surface area contributed by atoms with E-state index in [4.69, 9.17) is 14.5 Å². The monoisotopic (exact) mass is 817 g/mol. The Bertz CT molecular complexity index is 2310. The summed E-state index contributed by atoms with van der Waals surface area (Å²) in [5.41, 5.74) is 6.05. The minimum absolute atomic E-state index is 0.0109. The van der Waals surface area contributed by atoms with Gasteiger partial charge in [0.2, 0.25) is 0 Å². The van der Waals surface area contributed by atoms with Gasteiger partial charge < -0.3 is 19.5 Å². The summed E-state index contributed by atoms with van der Waals surface area (Å²) < 4.78 is 12.6. The molecule has 5 aromatic rings. The molecule has 1 fully saturated rings. The normalized spacial score (nSPS) is 15.5. The van der Waals surface area contributed by atoms with Crippen molar-refractivity contribution in [3.05, 3.63) is 100 Å². The lowest BCUT2D eigenvalue weighted by molar-refractivity contribution is -0.144. The second-order valence-electron chi connectivity index (χ2n) is 16.8. The summed E-state index contributed by atoms with van der Waals surface area (Å²) in [5.74, 6) is 0.812. The Balaban J connectivity index is 1.10. The van der Waals surface area contributed by atoms with E-state index in [1.54, 1.807) is 0 Å². The molecule has 0 unspecified atom stereocenters. The van der Waals surface area contributed by atoms with Crippen LogP contribution in [0, 0.1) is 18.8 Å². The zero-order chi connectivity index (χ0) is 41.8. The molecule has 1 atom stereocenters. The Morgan fingerprint density at radius 1 is 1.00 bits per heavy atom. The molecule has 2 aliphatic rings. The van der Waals surface area contributed by atoms with Gasteiger partial charge >= 0.3 is 11.9 Å². The van der Waals surface area contributed by atoms with Crippen molar-refractivity contribution in [2.24, 2.45) is 11.8 Å². The van der Waals surface area contributed by atoms with Crippen LogP contribution < -0.4 is 15.0 Å². The number of nitrogens with zero attached hydrogens (tertiary/aromatic N) is 4. The summed E-state index contributed by atoms with van der Waals surface area (Å²) in [6.45, 7) is 16.5. The largest absolute Gasteiger partial charge is 0.493 e. The number of aromatic nitrogens is 2. The Hall–Kier alpha value is -5.33. The Kier molecular flexibility index (Phi) is 12.7. The first-order valence-corrected chi connectivity index (χ1v) is 21.5. The van der Waals surface area contributed by atoms with E-state index in [-0.39, 0.29) is 17.6 Å². The Labute approximate surface area is 350 Å². The van der Waals surface area contributed by atoms with Crippen molar-refractivity contribution in [1.29, 1.82) is 0 Å². The molecule has 59 heavy (non-hydrogen) atoms. The van der Waals surface area contributed by atoms with E-state index in [9.17, 15) is 19.5 Å². The molecule has 0 spiro atoms. The van der Waals surface area contributed by atoms with Crippen LogP contribution in [0.4, 0.5) is 10.9 Å². The highest BCUT2D eigenvalue weighted by Gasteiger charge is 2.31. The van der Waals surface area contributed by atoms with Crippen LogP contribution in [-0.2, 0) is 27.9 Å². The molecule has 2 aromatic heterocycles. The lowest BCUT2D eigenvalue weighted by Gasteiger charge is -2.34. The molecule has 0 bridgehead atoms. The van der Waals surface area contributed by atoms with Gasteiger partial charge in [0.05, 0.1) is 30.0 Å². The summed E-state index contributed by atoms with van der Waals surface area (Å²) in [7, 11) is 0. The average molecular weight is 818 g/mol. The third-order valence-corrected chi connectivity index (χ3v) is 12.8. The van der Waals surface area contributed by atoms with Gasteiger partial charge in [-0.1, -0.05) is 75.4 Å². The van der Waals surface area contributed by atoms with Gasteiger partial charge in [-0.25, -0.2) is 14.8 Å². The van der Waals surface area contributed by atoms with Crippen molar-refractivity contribution in [3.8, 4) is 16.9 Å². The van der Waals surface area contributed by atoms with Gasteiger partial charge in [0, 0.05) is 24.2 Å². The number of carbonyl (C=O) groups excluding carboxylic acids is 2. The van der Waals surface area contributed by atoms with Crippen LogP contribution in [0.2, 0.25) is 0 Å². The fourth-order valence-corrected chi connectivity index (χ4v) is 9.35. The van der Waals surface area contributed by atoms with Crippen molar-refractivity contribution in [3.63, 3.8) is 0 Å². The minimum atomic E-state index is -1.10. The maximum atomic E-state index is 13.7. The zero-order valence-corrected chi connectivity index (χ0v) is 35.8. The molecule has 11 nitrogen and oxygen atoms in total. The summed E-state index contributed by atoms with van der Waals surface area (Å²) in [6.07, 6.45) is 3.65. The highest BCUT2D eigenvalue weighted by atomic mass is 32.1. The molecular weight excluding hydrogens is 763 g/mol. The first-order chi connectivity index (χ1) is 28.3. The number of likely N-dealkylation sites (tertiary alicyclic amines) is 1. The van der Waals surface area contributed by atoms with Crippen LogP contribution in [0.25, 0.3) is 21.3 Å². The molecular formula is C47H55N5O6S. The van der Waals surface area contributed by atoms with Crippen LogP contribution >= 0.6 is 11.3 Å². The van der Waals surface area contributed by atoms with Crippen LogP contribution in [0.15, 0.2) is 66.7 Å². The van der Waals surface area contributed by atoms with Crippen LogP contribution in [-0.4, -0.2) is 77.2 Å². The molecule has 3 aromatic carbocycles. The smallest absolute Gasteiger partial charge is 0.355 e. The number of nitrogens with one attached hydrogen (secondary N) is 1. The molecule has 4 heterocycles. The lowest BCUT2D eigenvalue weighted by Crippen LogP contribution is -2.39. The maximum Gasteiger partial charge on any atom is 0.355 e. The molecule has 0 radical (unpaired) electrons. The molecule has 310 valence electrons. The number of ether oxygens (including phenoxy) is 2. The highest BCUT2D eigenvalue weighted by molar-refractivity contribution is 7.22. The fourth-order valence-electron chi connectivity index (χ4n) is 8.49. The van der Waals surface area contributed by atoms with E-state index in [1.807, 2.05) is 74.5 Å². The molecule has 12 heteroatoms. The lowest BCUT2D eigenvalue weighted by atomic mass is 9.80. The summed E-state index contributed by atoms with van der Waals surface area (Å²) in [4.78, 5) is 52.6. The van der Waals surface area contributed by atoms with E-state index in [2.05, 4.69) is 53.9 Å². The second-order valence-corrected chi connectivity index (χ2v) is 17.9. The average Bonchev–Trinajstić information content (AvgIpc) is 3.63. The van der Waals surface area contributed by atoms with Crippen molar-refractivity contribution in [2.75, 3.05) is 49.6 Å². The number of esters is 1. The molecule has 0 aliphatic carbocycles. The number of rotatable bonds is 13. The number of carboxylic acid groups (broad SMARTS) is 1. The Morgan fingerprint density at radius 3 is 2.49 bits per heavy atom. The number of carboxylic acids is 1. The molecule has 7 rings (SSSR count). The molecule has 1 saturated heterocycles. The zero-order valence-electron chi connectivity index (χ0n) is 35.0. The number of piperidine rings is 1.